The van der Waals surface area contributed by atoms with Gasteiger partial charge in [0.2, 0.25) is 11.0 Å². The van der Waals surface area contributed by atoms with Crippen LogP contribution >= 0.6 is 11.6 Å². The van der Waals surface area contributed by atoms with Crippen LogP contribution < -0.4 is 11.1 Å². The number of dihydropyridines is 1. The first kappa shape index (κ1) is 16.4. The molecule has 6 heteroatoms. The van der Waals surface area contributed by atoms with Crippen LogP contribution in [-0.4, -0.2) is 22.2 Å². The van der Waals surface area contributed by atoms with Crippen molar-refractivity contribution in [2.75, 3.05) is 0 Å². The molecule has 0 fully saturated rings. The normalized spacial score (nSPS) is 25.5. The van der Waals surface area contributed by atoms with Gasteiger partial charge in [-0.05, 0) is 23.8 Å². The lowest BCUT2D eigenvalue weighted by Gasteiger charge is -2.41. The molecule has 1 amide bonds. The molecule has 0 aliphatic carbocycles. The van der Waals surface area contributed by atoms with Crippen molar-refractivity contribution in [3.8, 4) is 0 Å². The molecule has 0 bridgehead atoms. The average Bonchev–Trinajstić information content (AvgIpc) is 2.62. The number of nitrogens with two attached hydrogens (primary N) is 1. The van der Waals surface area contributed by atoms with Gasteiger partial charge >= 0.3 is 0 Å². The van der Waals surface area contributed by atoms with E-state index in [1.807, 2.05) is 30.3 Å². The van der Waals surface area contributed by atoms with Gasteiger partial charge in [0.05, 0.1) is 5.69 Å². The minimum Gasteiger partial charge on any atom is -0.368 e. The summed E-state index contributed by atoms with van der Waals surface area (Å²) in [5, 5.41) is 1.70. The predicted octanol–water partition coefficient (Wildman–Crippen LogP) is 2.13. The Hall–Kier alpha value is -2.50. The first-order valence-electron chi connectivity index (χ1n) is 7.51. The monoisotopic (exact) mass is 340 g/mol. The fraction of sp³-hybridized carbons (Fsp3) is 0.167. The third kappa shape index (κ3) is 2.72. The number of allylic oxidation sites excluding steroid dienone is 1. The smallest absolute Gasteiger partial charge is 0.238 e. The lowest BCUT2D eigenvalue weighted by atomic mass is 9.77. The number of hydrogen-bond acceptors (Lipinski definition) is 4. The quantitative estimate of drug-likeness (QED) is 0.646. The van der Waals surface area contributed by atoms with Crippen molar-refractivity contribution in [1.29, 1.82) is 0 Å². The van der Waals surface area contributed by atoms with Gasteiger partial charge < -0.3 is 5.73 Å². The zero-order valence-corrected chi connectivity index (χ0v) is 13.6. The van der Waals surface area contributed by atoms with E-state index >= 15 is 0 Å². The fourth-order valence-corrected chi connectivity index (χ4v) is 3.14. The number of rotatable bonds is 5. The van der Waals surface area contributed by atoms with Gasteiger partial charge in [-0.2, -0.15) is 0 Å². The van der Waals surface area contributed by atoms with Gasteiger partial charge in [0.25, 0.3) is 0 Å². The Balaban J connectivity index is 2.01. The summed E-state index contributed by atoms with van der Waals surface area (Å²) in [6.45, 7) is 0.428. The molecule has 0 saturated carbocycles. The van der Waals surface area contributed by atoms with Crippen LogP contribution in [0.15, 0.2) is 71.9 Å². The van der Waals surface area contributed by atoms with Crippen molar-refractivity contribution >= 4 is 23.7 Å². The minimum atomic E-state index is -1.46. The molecule has 24 heavy (non-hydrogen) atoms. The van der Waals surface area contributed by atoms with Crippen molar-refractivity contribution in [3.05, 3.63) is 78.1 Å². The summed E-state index contributed by atoms with van der Waals surface area (Å²) in [6, 6.07) is 15.0. The van der Waals surface area contributed by atoms with E-state index in [4.69, 9.17) is 17.3 Å². The van der Waals surface area contributed by atoms with Crippen LogP contribution in [0.2, 0.25) is 0 Å². The number of carbonyl (C=O) groups excluding carboxylic acids is 1. The highest BCUT2D eigenvalue weighted by atomic mass is 35.5. The third-order valence-electron chi connectivity index (χ3n) is 4.03. The van der Waals surface area contributed by atoms with Gasteiger partial charge in [0.15, 0.2) is 5.41 Å². The molecule has 0 saturated heterocycles. The zero-order valence-electron chi connectivity index (χ0n) is 12.9. The number of halogens is 1. The maximum Gasteiger partial charge on any atom is 0.238 e. The molecule has 0 radical (unpaired) electrons. The third-order valence-corrected chi connectivity index (χ3v) is 4.56. The van der Waals surface area contributed by atoms with Crippen LogP contribution in [-0.2, 0) is 16.8 Å². The highest BCUT2D eigenvalue weighted by Gasteiger charge is 2.56. The minimum absolute atomic E-state index is 0.428. The lowest BCUT2D eigenvalue weighted by molar-refractivity contribution is -0.123. The van der Waals surface area contributed by atoms with Gasteiger partial charge in [-0.15, -0.1) is 0 Å². The van der Waals surface area contributed by atoms with E-state index in [1.165, 1.54) is 0 Å². The van der Waals surface area contributed by atoms with Crippen molar-refractivity contribution < 1.29 is 4.79 Å². The van der Waals surface area contributed by atoms with E-state index in [2.05, 4.69) is 15.3 Å². The maximum absolute atomic E-state index is 12.4. The number of carbonyl (C=O) groups is 1. The Morgan fingerprint density at radius 1 is 1.17 bits per heavy atom. The first-order valence-corrected chi connectivity index (χ1v) is 7.89. The van der Waals surface area contributed by atoms with Gasteiger partial charge in [-0.3, -0.25) is 20.1 Å². The number of nitrogens with one attached hydrogen (secondary N) is 1. The van der Waals surface area contributed by atoms with Crippen molar-refractivity contribution in [1.82, 2.24) is 10.3 Å². The second-order valence-corrected chi connectivity index (χ2v) is 6.03. The Morgan fingerprint density at radius 3 is 2.58 bits per heavy atom. The number of amides is 1. The van der Waals surface area contributed by atoms with E-state index in [1.54, 1.807) is 42.8 Å². The standard InChI is InChI=1S/C18H17ClN4O/c19-18(23-13-14-7-2-1-3-8-14)17(16(20)24,10-6-12-22-18)15-9-4-5-11-21-15/h1-12,23H,13H2,(H2,20,24). The Morgan fingerprint density at radius 2 is 1.92 bits per heavy atom. The fourth-order valence-electron chi connectivity index (χ4n) is 2.77. The van der Waals surface area contributed by atoms with Gasteiger partial charge in [0.1, 0.15) is 0 Å². The number of hydrogen-bond donors (Lipinski definition) is 2. The zero-order chi connectivity index (χ0) is 17.0. The Kier molecular flexibility index (Phi) is 4.46. The number of aliphatic imine (C=N–C) groups is 1. The molecule has 122 valence electrons. The van der Waals surface area contributed by atoms with E-state index in [0.717, 1.165) is 5.56 Å². The molecule has 1 aliphatic rings. The highest BCUT2D eigenvalue weighted by molar-refractivity contribution is 6.28. The highest BCUT2D eigenvalue weighted by Crippen LogP contribution is 2.42. The molecular formula is C18H17ClN4O. The van der Waals surface area contributed by atoms with Gasteiger partial charge in [-0.25, -0.2) is 0 Å². The van der Waals surface area contributed by atoms with Crippen molar-refractivity contribution in [2.45, 2.75) is 17.1 Å². The molecule has 1 aliphatic heterocycles. The summed E-state index contributed by atoms with van der Waals surface area (Å²) < 4.78 is 0. The molecule has 2 unspecified atom stereocenters. The largest absolute Gasteiger partial charge is 0.368 e. The number of alkyl halides is 1. The van der Waals surface area contributed by atoms with Gasteiger partial charge in [-0.1, -0.05) is 54.1 Å². The van der Waals surface area contributed by atoms with Crippen LogP contribution in [0.4, 0.5) is 0 Å². The predicted molar refractivity (Wildman–Crippen MR) is 94.6 cm³/mol. The van der Waals surface area contributed by atoms with Crippen LogP contribution in [0.5, 0.6) is 0 Å². The summed E-state index contributed by atoms with van der Waals surface area (Å²) >= 11 is 6.78. The number of pyridine rings is 1. The number of benzene rings is 1. The number of aromatic nitrogens is 1. The lowest BCUT2D eigenvalue weighted by Crippen LogP contribution is -2.62. The SMILES string of the molecule is NC(=O)C1(c2ccccn2)C=CC=NC1(Cl)NCc1ccccc1. The summed E-state index contributed by atoms with van der Waals surface area (Å²) in [5.74, 6) is -0.620. The Bertz CT molecular complexity index is 778. The molecule has 3 N–H and O–H groups in total. The molecule has 1 aromatic carbocycles. The summed E-state index contributed by atoms with van der Waals surface area (Å²) in [4.78, 5) is 21.1. The van der Waals surface area contributed by atoms with E-state index in [9.17, 15) is 4.79 Å². The molecule has 3 rings (SSSR count). The van der Waals surface area contributed by atoms with E-state index < -0.39 is 16.4 Å². The first-order chi connectivity index (χ1) is 11.6. The number of primary amides is 1. The molecule has 1 aromatic heterocycles. The number of nitrogens with zero attached hydrogens (tertiary/aromatic N) is 2. The molecule has 2 atom stereocenters. The average molecular weight is 341 g/mol. The van der Waals surface area contributed by atoms with Crippen LogP contribution in [0.1, 0.15) is 11.3 Å². The van der Waals surface area contributed by atoms with Crippen LogP contribution in [0.25, 0.3) is 0 Å². The van der Waals surface area contributed by atoms with Crippen molar-refractivity contribution in [2.24, 2.45) is 10.7 Å². The molecule has 2 aromatic rings. The molecule has 5 nitrogen and oxygen atoms in total. The Labute approximate surface area is 145 Å². The molecule has 2 heterocycles. The summed E-state index contributed by atoms with van der Waals surface area (Å²) in [6.07, 6.45) is 6.45. The van der Waals surface area contributed by atoms with Crippen LogP contribution in [0.3, 0.4) is 0 Å². The van der Waals surface area contributed by atoms with Crippen molar-refractivity contribution in [3.63, 3.8) is 0 Å². The van der Waals surface area contributed by atoms with Crippen LogP contribution in [0, 0.1) is 0 Å². The molecular weight excluding hydrogens is 324 g/mol. The maximum atomic E-state index is 12.4. The summed E-state index contributed by atoms with van der Waals surface area (Å²) in [7, 11) is 0. The second kappa shape index (κ2) is 6.55. The topological polar surface area (TPSA) is 80.4 Å². The molecule has 0 spiro atoms. The van der Waals surface area contributed by atoms with Gasteiger partial charge in [0, 0.05) is 19.0 Å². The van der Waals surface area contributed by atoms with E-state index in [-0.39, 0.29) is 0 Å². The van der Waals surface area contributed by atoms with E-state index in [0.29, 0.717) is 12.2 Å². The second-order valence-electron chi connectivity index (χ2n) is 5.49. The summed E-state index contributed by atoms with van der Waals surface area (Å²) in [5.41, 5.74) is 5.82.